The van der Waals surface area contributed by atoms with Crippen LogP contribution in [0.15, 0.2) is 66.0 Å². The SMILES string of the molecule is CCOc1nc(-c2ccccc2C)n(-c2ccc(NC(=O)c3cccs3)cc2)n1. The summed E-state index contributed by atoms with van der Waals surface area (Å²) in [6.45, 7) is 4.43. The number of nitrogens with zero attached hydrogens (tertiary/aromatic N) is 3. The highest BCUT2D eigenvalue weighted by molar-refractivity contribution is 7.12. The fraction of sp³-hybridized carbons (Fsp3) is 0.136. The fourth-order valence-electron chi connectivity index (χ4n) is 2.95. The fourth-order valence-corrected chi connectivity index (χ4v) is 3.57. The quantitative estimate of drug-likeness (QED) is 0.493. The molecule has 0 bridgehead atoms. The standard InChI is InChI=1S/C22H20N4O2S/c1-3-28-22-24-20(18-8-5-4-7-15(18)2)26(25-22)17-12-10-16(11-13-17)23-21(27)19-9-6-14-29-19/h4-14H,3H2,1-2H3,(H,23,27). The molecule has 29 heavy (non-hydrogen) atoms. The third-order valence-corrected chi connectivity index (χ3v) is 5.23. The van der Waals surface area contributed by atoms with Gasteiger partial charge in [-0.15, -0.1) is 16.4 Å². The summed E-state index contributed by atoms with van der Waals surface area (Å²) in [6.07, 6.45) is 0. The Hall–Kier alpha value is -3.45. The van der Waals surface area contributed by atoms with E-state index in [-0.39, 0.29) is 5.91 Å². The maximum absolute atomic E-state index is 12.2. The van der Waals surface area contributed by atoms with Gasteiger partial charge in [0.05, 0.1) is 17.2 Å². The number of aryl methyl sites for hydroxylation is 1. The third kappa shape index (κ3) is 4.05. The summed E-state index contributed by atoms with van der Waals surface area (Å²) in [5.74, 6) is 0.592. The molecule has 2 aromatic carbocycles. The first-order valence-electron chi connectivity index (χ1n) is 9.27. The normalized spacial score (nSPS) is 10.7. The van der Waals surface area contributed by atoms with Crippen molar-refractivity contribution in [3.63, 3.8) is 0 Å². The third-order valence-electron chi connectivity index (χ3n) is 4.36. The number of carbonyl (C=O) groups excluding carboxylic acids is 1. The van der Waals surface area contributed by atoms with Crippen LogP contribution in [-0.4, -0.2) is 27.3 Å². The van der Waals surface area contributed by atoms with Crippen molar-refractivity contribution in [1.29, 1.82) is 0 Å². The second kappa shape index (κ2) is 8.28. The van der Waals surface area contributed by atoms with E-state index in [1.165, 1.54) is 11.3 Å². The van der Waals surface area contributed by atoms with E-state index in [9.17, 15) is 4.79 Å². The number of amides is 1. The molecule has 0 aliphatic rings. The lowest BCUT2D eigenvalue weighted by Gasteiger charge is -2.09. The van der Waals surface area contributed by atoms with Gasteiger partial charge in [0, 0.05) is 11.3 Å². The molecule has 0 radical (unpaired) electrons. The van der Waals surface area contributed by atoms with Crippen molar-refractivity contribution >= 4 is 22.9 Å². The zero-order chi connectivity index (χ0) is 20.2. The molecule has 0 unspecified atom stereocenters. The molecular weight excluding hydrogens is 384 g/mol. The zero-order valence-corrected chi connectivity index (χ0v) is 16.9. The number of nitrogens with one attached hydrogen (secondary N) is 1. The molecule has 6 nitrogen and oxygen atoms in total. The van der Waals surface area contributed by atoms with Crippen LogP contribution in [0.25, 0.3) is 17.1 Å². The van der Waals surface area contributed by atoms with Crippen LogP contribution < -0.4 is 10.1 Å². The first-order chi connectivity index (χ1) is 14.2. The van der Waals surface area contributed by atoms with Gasteiger partial charge in [-0.05, 0) is 55.1 Å². The highest BCUT2D eigenvalue weighted by Gasteiger charge is 2.16. The highest BCUT2D eigenvalue weighted by Crippen LogP contribution is 2.27. The summed E-state index contributed by atoms with van der Waals surface area (Å²) in [4.78, 5) is 17.5. The number of carbonyl (C=O) groups is 1. The molecule has 1 N–H and O–H groups in total. The van der Waals surface area contributed by atoms with Crippen LogP contribution >= 0.6 is 11.3 Å². The first-order valence-corrected chi connectivity index (χ1v) is 10.1. The molecule has 4 aromatic rings. The van der Waals surface area contributed by atoms with Crippen molar-refractivity contribution in [2.45, 2.75) is 13.8 Å². The molecular formula is C22H20N4O2S. The van der Waals surface area contributed by atoms with Crippen LogP contribution in [0.5, 0.6) is 6.01 Å². The Labute approximate surface area is 172 Å². The van der Waals surface area contributed by atoms with Gasteiger partial charge in [0.15, 0.2) is 5.82 Å². The second-order valence-electron chi connectivity index (χ2n) is 6.36. The molecule has 0 atom stereocenters. The molecule has 146 valence electrons. The number of aromatic nitrogens is 3. The number of thiophene rings is 1. The lowest BCUT2D eigenvalue weighted by Crippen LogP contribution is -2.10. The van der Waals surface area contributed by atoms with E-state index in [1.807, 2.05) is 73.8 Å². The lowest BCUT2D eigenvalue weighted by molar-refractivity contribution is 0.103. The number of benzene rings is 2. The minimum Gasteiger partial charge on any atom is -0.463 e. The Morgan fingerprint density at radius 2 is 1.90 bits per heavy atom. The molecule has 0 saturated heterocycles. The first kappa shape index (κ1) is 18.9. The summed E-state index contributed by atoms with van der Waals surface area (Å²) in [6, 6.07) is 19.5. The van der Waals surface area contributed by atoms with Crippen molar-refractivity contribution in [3.05, 3.63) is 76.5 Å². The van der Waals surface area contributed by atoms with Gasteiger partial charge >= 0.3 is 6.01 Å². The van der Waals surface area contributed by atoms with Crippen LogP contribution in [-0.2, 0) is 0 Å². The summed E-state index contributed by atoms with van der Waals surface area (Å²) in [5.41, 5.74) is 3.63. The molecule has 7 heteroatoms. The van der Waals surface area contributed by atoms with Gasteiger partial charge in [-0.3, -0.25) is 4.79 Å². The predicted octanol–water partition coefficient (Wildman–Crippen LogP) is 4.96. The summed E-state index contributed by atoms with van der Waals surface area (Å²) >= 11 is 1.41. The smallest absolute Gasteiger partial charge is 0.336 e. The minimum absolute atomic E-state index is 0.118. The summed E-state index contributed by atoms with van der Waals surface area (Å²) in [5, 5.41) is 9.30. The molecule has 0 aliphatic heterocycles. The number of ether oxygens (including phenoxy) is 1. The van der Waals surface area contributed by atoms with E-state index >= 15 is 0 Å². The van der Waals surface area contributed by atoms with Gasteiger partial charge < -0.3 is 10.1 Å². The highest BCUT2D eigenvalue weighted by atomic mass is 32.1. The topological polar surface area (TPSA) is 69.0 Å². The van der Waals surface area contributed by atoms with Gasteiger partial charge in [0.25, 0.3) is 5.91 Å². The maximum Gasteiger partial charge on any atom is 0.336 e. The van der Waals surface area contributed by atoms with Crippen molar-refractivity contribution in [1.82, 2.24) is 14.8 Å². The Kier molecular flexibility index (Phi) is 5.39. The van der Waals surface area contributed by atoms with Crippen LogP contribution in [0.2, 0.25) is 0 Å². The molecule has 2 aromatic heterocycles. The Balaban J connectivity index is 1.65. The molecule has 0 saturated carbocycles. The number of hydrogen-bond donors (Lipinski definition) is 1. The van der Waals surface area contributed by atoms with Gasteiger partial charge in [-0.2, -0.15) is 4.98 Å². The monoisotopic (exact) mass is 404 g/mol. The molecule has 0 fully saturated rings. The van der Waals surface area contributed by atoms with Gasteiger partial charge in [0.2, 0.25) is 0 Å². The van der Waals surface area contributed by atoms with Crippen LogP contribution in [0.3, 0.4) is 0 Å². The molecule has 0 aliphatic carbocycles. The predicted molar refractivity (Wildman–Crippen MR) is 115 cm³/mol. The maximum atomic E-state index is 12.2. The molecule has 2 heterocycles. The van der Waals surface area contributed by atoms with Gasteiger partial charge in [-0.25, -0.2) is 4.68 Å². The van der Waals surface area contributed by atoms with E-state index < -0.39 is 0 Å². The number of anilines is 1. The average molecular weight is 404 g/mol. The minimum atomic E-state index is -0.118. The van der Waals surface area contributed by atoms with E-state index in [4.69, 9.17) is 4.74 Å². The summed E-state index contributed by atoms with van der Waals surface area (Å²) < 4.78 is 7.29. The van der Waals surface area contributed by atoms with Crippen molar-refractivity contribution in [2.75, 3.05) is 11.9 Å². The van der Waals surface area contributed by atoms with E-state index in [0.717, 1.165) is 22.5 Å². The number of rotatable bonds is 6. The van der Waals surface area contributed by atoms with Crippen molar-refractivity contribution in [2.24, 2.45) is 0 Å². The van der Waals surface area contributed by atoms with Crippen LogP contribution in [0.1, 0.15) is 22.2 Å². The Morgan fingerprint density at radius 3 is 2.59 bits per heavy atom. The molecule has 0 spiro atoms. The molecule has 4 rings (SSSR count). The van der Waals surface area contributed by atoms with Crippen LogP contribution in [0.4, 0.5) is 5.69 Å². The summed E-state index contributed by atoms with van der Waals surface area (Å²) in [7, 11) is 0. The Morgan fingerprint density at radius 1 is 1.10 bits per heavy atom. The van der Waals surface area contributed by atoms with Gasteiger partial charge in [0.1, 0.15) is 0 Å². The average Bonchev–Trinajstić information content (AvgIpc) is 3.40. The van der Waals surface area contributed by atoms with E-state index in [1.54, 1.807) is 10.7 Å². The van der Waals surface area contributed by atoms with Gasteiger partial charge in [-0.1, -0.05) is 30.3 Å². The second-order valence-corrected chi connectivity index (χ2v) is 7.30. The van der Waals surface area contributed by atoms with Crippen molar-refractivity contribution in [3.8, 4) is 23.1 Å². The zero-order valence-electron chi connectivity index (χ0n) is 16.1. The van der Waals surface area contributed by atoms with E-state index in [2.05, 4.69) is 15.4 Å². The number of hydrogen-bond acceptors (Lipinski definition) is 5. The van der Waals surface area contributed by atoms with Crippen LogP contribution in [0, 0.1) is 6.92 Å². The lowest BCUT2D eigenvalue weighted by atomic mass is 10.1. The van der Waals surface area contributed by atoms with Crippen molar-refractivity contribution < 1.29 is 9.53 Å². The van der Waals surface area contributed by atoms with E-state index in [0.29, 0.717) is 23.3 Å². The molecule has 1 amide bonds. The Bertz CT molecular complexity index is 1120. The largest absolute Gasteiger partial charge is 0.463 e.